The lowest BCUT2D eigenvalue weighted by Gasteiger charge is -2.40. The zero-order chi connectivity index (χ0) is 24.9. The number of phenols is 2. The van der Waals surface area contributed by atoms with Crippen molar-refractivity contribution in [2.75, 3.05) is 6.61 Å². The van der Waals surface area contributed by atoms with Crippen LogP contribution < -0.4 is 4.74 Å². The molecule has 0 aromatic heterocycles. The molecule has 1 aliphatic heterocycles. The van der Waals surface area contributed by atoms with E-state index in [2.05, 4.69) is 0 Å². The van der Waals surface area contributed by atoms with Crippen molar-refractivity contribution >= 4 is 17.5 Å². The van der Waals surface area contributed by atoms with Gasteiger partial charge < -0.3 is 39.7 Å². The van der Waals surface area contributed by atoms with Crippen LogP contribution in [0.15, 0.2) is 24.3 Å². The molecule has 5 atom stereocenters. The number of esters is 1. The molecule has 2 aromatic rings. The third-order valence-electron chi connectivity index (χ3n) is 5.83. The zero-order valence-corrected chi connectivity index (χ0v) is 18.1. The minimum Gasteiger partial charge on any atom is -0.508 e. The van der Waals surface area contributed by atoms with Crippen LogP contribution in [0.1, 0.15) is 44.3 Å². The van der Waals surface area contributed by atoms with E-state index in [1.165, 1.54) is 25.1 Å². The molecular weight excluding hydrogens is 452 g/mol. The molecule has 34 heavy (non-hydrogen) atoms. The number of benzene rings is 2. The fourth-order valence-corrected chi connectivity index (χ4v) is 3.95. The summed E-state index contributed by atoms with van der Waals surface area (Å²) in [7, 11) is 0. The first kappa shape index (κ1) is 23.6. The number of hydrogen-bond donors (Lipinski definition) is 5. The van der Waals surface area contributed by atoms with Crippen LogP contribution in [0.5, 0.6) is 17.2 Å². The highest BCUT2D eigenvalue weighted by atomic mass is 16.7. The average Bonchev–Trinajstić information content (AvgIpc) is 2.79. The molecule has 0 radical (unpaired) electrons. The molecule has 1 aliphatic carbocycles. The van der Waals surface area contributed by atoms with Crippen molar-refractivity contribution in [3.8, 4) is 17.2 Å². The summed E-state index contributed by atoms with van der Waals surface area (Å²) in [6.07, 6.45) is -7.87. The third kappa shape index (κ3) is 3.88. The Bertz CT molecular complexity index is 1190. The molecule has 0 bridgehead atoms. The highest BCUT2D eigenvalue weighted by molar-refractivity contribution is 6.29. The van der Waals surface area contributed by atoms with Crippen molar-refractivity contribution < 1.29 is 54.1 Å². The summed E-state index contributed by atoms with van der Waals surface area (Å²) < 4.78 is 15.9. The van der Waals surface area contributed by atoms with Gasteiger partial charge in [0.2, 0.25) is 6.29 Å². The van der Waals surface area contributed by atoms with Gasteiger partial charge in [-0.3, -0.25) is 14.4 Å². The van der Waals surface area contributed by atoms with Gasteiger partial charge in [-0.15, -0.1) is 0 Å². The number of fused-ring (bicyclic) bond motifs is 2. The van der Waals surface area contributed by atoms with E-state index in [1.807, 2.05) is 0 Å². The second-order valence-corrected chi connectivity index (χ2v) is 8.09. The van der Waals surface area contributed by atoms with Crippen LogP contribution in [0.2, 0.25) is 0 Å². The Kier molecular flexibility index (Phi) is 6.04. The monoisotopic (exact) mass is 474 g/mol. The Hall–Kier alpha value is -3.51. The smallest absolute Gasteiger partial charge is 0.302 e. The summed E-state index contributed by atoms with van der Waals surface area (Å²) in [5.41, 5.74) is -0.407. The molecule has 0 amide bonds. The van der Waals surface area contributed by atoms with Crippen LogP contribution in [-0.2, 0) is 14.3 Å². The molecule has 1 heterocycles. The fraction of sp³-hybridized carbons (Fsp3) is 0.348. The normalized spacial score (nSPS) is 26.0. The predicted molar refractivity (Wildman–Crippen MR) is 112 cm³/mol. The number of carbonyl (C=O) groups excluding carboxylic acids is 3. The summed E-state index contributed by atoms with van der Waals surface area (Å²) in [5.74, 6) is -2.80. The zero-order valence-electron chi connectivity index (χ0n) is 18.1. The second-order valence-electron chi connectivity index (χ2n) is 8.09. The first-order valence-electron chi connectivity index (χ1n) is 10.3. The average molecular weight is 474 g/mol. The molecule has 0 unspecified atom stereocenters. The standard InChI is InChI=1S/C23H22O11/c1-8-14(33-23-22(31)21(30)20(29)15(34-23)7-32-9(2)24)6-13-16(17(8)26)19(28)11-4-3-10(25)5-12(11)18(13)27/h3-6,15,20-23,25-26,29-31H,7H2,1-2H3/t15-,20-,21-,22-,23-/m1/s1. The van der Waals surface area contributed by atoms with Gasteiger partial charge in [0.25, 0.3) is 0 Å². The Labute approximate surface area is 192 Å². The number of aliphatic hydroxyl groups excluding tert-OH is 3. The van der Waals surface area contributed by atoms with Gasteiger partial charge in [0.05, 0.1) is 5.56 Å². The molecule has 1 saturated heterocycles. The highest BCUT2D eigenvalue weighted by Crippen LogP contribution is 2.41. The van der Waals surface area contributed by atoms with Gasteiger partial charge in [0.1, 0.15) is 48.3 Å². The van der Waals surface area contributed by atoms with Crippen molar-refractivity contribution in [2.24, 2.45) is 0 Å². The lowest BCUT2D eigenvalue weighted by molar-refractivity contribution is -0.278. The molecule has 2 aromatic carbocycles. The minimum atomic E-state index is -1.74. The van der Waals surface area contributed by atoms with E-state index in [0.29, 0.717) is 0 Å². The number of aliphatic hydroxyl groups is 3. The van der Waals surface area contributed by atoms with Crippen molar-refractivity contribution in [1.29, 1.82) is 0 Å². The van der Waals surface area contributed by atoms with Crippen LogP contribution in [0.25, 0.3) is 0 Å². The largest absolute Gasteiger partial charge is 0.508 e. The molecule has 2 aliphatic rings. The Morgan fingerprint density at radius 3 is 2.35 bits per heavy atom. The molecule has 180 valence electrons. The van der Waals surface area contributed by atoms with Crippen molar-refractivity contribution in [3.05, 3.63) is 52.1 Å². The quantitative estimate of drug-likeness (QED) is 0.319. The SMILES string of the molecule is CC(=O)OC[C@H]1O[C@@H](Oc2cc3c(c(O)c2C)C(=O)c2ccc(O)cc2C3=O)[C@H](O)[C@H](O)[C@@H]1O. The van der Waals surface area contributed by atoms with E-state index in [0.717, 1.165) is 13.0 Å². The topological polar surface area (TPSA) is 180 Å². The number of ketones is 2. The number of ether oxygens (including phenoxy) is 3. The van der Waals surface area contributed by atoms with Crippen LogP contribution in [0.4, 0.5) is 0 Å². The van der Waals surface area contributed by atoms with E-state index in [9.17, 15) is 39.9 Å². The van der Waals surface area contributed by atoms with Crippen molar-refractivity contribution in [2.45, 2.75) is 44.6 Å². The Morgan fingerprint density at radius 2 is 1.68 bits per heavy atom. The molecule has 4 rings (SSSR count). The summed E-state index contributed by atoms with van der Waals surface area (Å²) >= 11 is 0. The number of rotatable bonds is 4. The molecule has 5 N–H and O–H groups in total. The van der Waals surface area contributed by atoms with E-state index >= 15 is 0 Å². The van der Waals surface area contributed by atoms with Gasteiger partial charge in [-0.1, -0.05) is 0 Å². The first-order chi connectivity index (χ1) is 16.0. The number of hydrogen-bond acceptors (Lipinski definition) is 11. The molecule has 11 heteroatoms. The minimum absolute atomic E-state index is 0.0233. The number of carbonyl (C=O) groups is 3. The van der Waals surface area contributed by atoms with Gasteiger partial charge in [-0.05, 0) is 31.2 Å². The maximum absolute atomic E-state index is 13.0. The highest BCUT2D eigenvalue weighted by Gasteiger charge is 2.46. The van der Waals surface area contributed by atoms with Gasteiger partial charge in [-0.2, -0.15) is 0 Å². The van der Waals surface area contributed by atoms with Gasteiger partial charge in [-0.25, -0.2) is 0 Å². The second kappa shape index (κ2) is 8.69. The predicted octanol–water partition coefficient (Wildman–Crippen LogP) is -0.0689. The van der Waals surface area contributed by atoms with Gasteiger partial charge in [0.15, 0.2) is 11.6 Å². The van der Waals surface area contributed by atoms with Crippen LogP contribution in [-0.4, -0.2) is 80.4 Å². The maximum atomic E-state index is 13.0. The van der Waals surface area contributed by atoms with Crippen molar-refractivity contribution in [3.63, 3.8) is 0 Å². The van der Waals surface area contributed by atoms with E-state index in [-0.39, 0.29) is 39.3 Å². The van der Waals surface area contributed by atoms with Crippen LogP contribution in [0, 0.1) is 6.92 Å². The molecule has 0 spiro atoms. The summed E-state index contributed by atoms with van der Waals surface area (Å²) in [6, 6.07) is 4.87. The van der Waals surface area contributed by atoms with E-state index < -0.39 is 60.6 Å². The van der Waals surface area contributed by atoms with Gasteiger partial charge in [0, 0.05) is 29.2 Å². The molecule has 1 fully saturated rings. The van der Waals surface area contributed by atoms with Crippen molar-refractivity contribution in [1.82, 2.24) is 0 Å². The first-order valence-corrected chi connectivity index (χ1v) is 10.3. The van der Waals surface area contributed by atoms with E-state index in [1.54, 1.807) is 0 Å². The fourth-order valence-electron chi connectivity index (χ4n) is 3.95. The Balaban J connectivity index is 1.69. The van der Waals surface area contributed by atoms with Gasteiger partial charge >= 0.3 is 5.97 Å². The number of aromatic hydroxyl groups is 2. The van der Waals surface area contributed by atoms with Crippen LogP contribution in [0.3, 0.4) is 0 Å². The lowest BCUT2D eigenvalue weighted by Crippen LogP contribution is -2.60. The molecule has 0 saturated carbocycles. The van der Waals surface area contributed by atoms with E-state index in [4.69, 9.17) is 14.2 Å². The molecular formula is C23H22O11. The summed E-state index contributed by atoms with van der Waals surface area (Å²) in [5, 5.41) is 51.1. The Morgan fingerprint density at radius 1 is 0.971 bits per heavy atom. The molecule has 11 nitrogen and oxygen atoms in total. The summed E-state index contributed by atoms with van der Waals surface area (Å²) in [4.78, 5) is 37.1. The summed E-state index contributed by atoms with van der Waals surface area (Å²) in [6.45, 7) is 2.12. The van der Waals surface area contributed by atoms with Crippen LogP contribution >= 0.6 is 0 Å². The third-order valence-corrected chi connectivity index (χ3v) is 5.83. The number of phenolic OH excluding ortho intramolecular Hbond substituents is 2. The maximum Gasteiger partial charge on any atom is 0.302 e. The lowest BCUT2D eigenvalue weighted by atomic mass is 9.82.